The summed E-state index contributed by atoms with van der Waals surface area (Å²) in [5.41, 5.74) is 15.3. The summed E-state index contributed by atoms with van der Waals surface area (Å²) in [5, 5.41) is 3.17. The van der Waals surface area contributed by atoms with E-state index in [0.717, 1.165) is 22.8 Å². The van der Waals surface area contributed by atoms with E-state index >= 15 is 0 Å². The standard InChI is InChI=1S/C38H69N7O10SSi2/c1-25-22-45(35(49)44(32(25)47)21-15-19-42-31(46)27-17-14-20-43(27)33(48)26(40)16-12-13-18-39)34-30(54-58(10,11)37(5,6)7)38(28(41)24-56(50,51)55-38)29(53-34)23-52-57(8,9)36(2,3)4/h22,24,26-27,29-30,34H,12-21,23,39-41H2,1-11H3,(H,42,46)/t26-,27-,29+,30-,34+,38+/m0/s1. The van der Waals surface area contributed by atoms with Gasteiger partial charge in [-0.3, -0.25) is 23.5 Å². The van der Waals surface area contributed by atoms with Crippen molar-refractivity contribution in [2.75, 3.05) is 26.2 Å². The predicted octanol–water partition coefficient (Wildman–Crippen LogP) is 2.48. The quantitative estimate of drug-likeness (QED) is 0.106. The molecule has 330 valence electrons. The number of aromatic nitrogens is 2. The van der Waals surface area contributed by atoms with Crippen LogP contribution in [0.5, 0.6) is 0 Å². The molecule has 2 amide bonds. The molecular formula is C38H69N7O10SSi2. The van der Waals surface area contributed by atoms with Gasteiger partial charge in [0.15, 0.2) is 28.5 Å². The number of hydrogen-bond acceptors (Lipinski definition) is 13. The summed E-state index contributed by atoms with van der Waals surface area (Å²) in [7, 11) is -9.53. The number of carbonyl (C=O) groups is 2. The van der Waals surface area contributed by atoms with E-state index in [1.165, 1.54) is 15.7 Å². The van der Waals surface area contributed by atoms with Gasteiger partial charge in [0, 0.05) is 31.4 Å². The normalized spacial score (nSPS) is 25.7. The zero-order valence-electron chi connectivity index (χ0n) is 36.4. The third kappa shape index (κ3) is 9.91. The number of aryl methyl sites for hydroxylation is 1. The van der Waals surface area contributed by atoms with Crippen molar-refractivity contribution >= 4 is 38.6 Å². The van der Waals surface area contributed by atoms with E-state index in [4.69, 9.17) is 35.0 Å². The lowest BCUT2D eigenvalue weighted by atomic mass is 9.89. The van der Waals surface area contributed by atoms with Gasteiger partial charge in [-0.1, -0.05) is 48.0 Å². The molecule has 0 radical (unpaired) electrons. The van der Waals surface area contributed by atoms with E-state index < -0.39 is 74.1 Å². The molecule has 0 unspecified atom stereocenters. The number of nitrogens with one attached hydrogen (secondary N) is 1. The van der Waals surface area contributed by atoms with Crippen LogP contribution in [-0.2, 0) is 44.0 Å². The van der Waals surface area contributed by atoms with Gasteiger partial charge in [0.05, 0.1) is 23.8 Å². The fourth-order valence-electron chi connectivity index (χ4n) is 7.07. The Balaban J connectivity index is 1.65. The first-order valence-electron chi connectivity index (χ1n) is 20.4. The molecule has 1 aromatic heterocycles. The second-order valence-corrected chi connectivity index (χ2v) is 30.0. The third-order valence-corrected chi connectivity index (χ3v) is 22.7. The highest BCUT2D eigenvalue weighted by Crippen LogP contribution is 2.52. The van der Waals surface area contributed by atoms with E-state index in [1.54, 1.807) is 6.92 Å². The van der Waals surface area contributed by atoms with Gasteiger partial charge in [0.2, 0.25) is 11.8 Å². The number of unbranched alkanes of at least 4 members (excludes halogenated alkanes) is 1. The predicted molar refractivity (Wildman–Crippen MR) is 227 cm³/mol. The fraction of sp³-hybridized carbons (Fsp3) is 0.789. The van der Waals surface area contributed by atoms with Crippen molar-refractivity contribution in [1.82, 2.24) is 19.4 Å². The SMILES string of the molecule is Cc1cn([C@@H]2O[C@H](CO[Si](C)(C)C(C)(C)C)[C@@]3(OS(=O)(=O)C=C3N)[C@H]2O[Si](C)(C)C(C)(C)C)c(=O)n(CCCNC(=O)[C@@H]2CCCN2C(=O)[C@@H](N)CCCCN)c1=O. The third-order valence-electron chi connectivity index (χ3n) is 12.7. The van der Waals surface area contributed by atoms with Crippen molar-refractivity contribution in [1.29, 1.82) is 0 Å². The first-order valence-corrected chi connectivity index (χ1v) is 27.7. The molecule has 3 aliphatic rings. The lowest BCUT2D eigenvalue weighted by molar-refractivity contribution is -0.139. The molecule has 0 saturated carbocycles. The summed E-state index contributed by atoms with van der Waals surface area (Å²) in [4.78, 5) is 55.9. The van der Waals surface area contributed by atoms with Crippen LogP contribution in [-0.4, -0.2) is 107 Å². The summed E-state index contributed by atoms with van der Waals surface area (Å²) in [6.07, 6.45) is 1.08. The molecule has 4 rings (SSSR count). The Hall–Kier alpha value is -2.70. The first kappa shape index (κ1) is 48.0. The Morgan fingerprint density at radius 3 is 2.26 bits per heavy atom. The summed E-state index contributed by atoms with van der Waals surface area (Å²) < 4.78 is 54.9. The maximum atomic E-state index is 14.4. The van der Waals surface area contributed by atoms with Crippen LogP contribution in [0.1, 0.15) is 91.9 Å². The molecule has 2 saturated heterocycles. The van der Waals surface area contributed by atoms with E-state index in [2.05, 4.69) is 39.2 Å². The van der Waals surface area contributed by atoms with Crippen molar-refractivity contribution in [3.8, 4) is 0 Å². The zero-order valence-corrected chi connectivity index (χ0v) is 39.2. The van der Waals surface area contributed by atoms with Crippen LogP contribution in [0.4, 0.5) is 0 Å². The van der Waals surface area contributed by atoms with Crippen LogP contribution in [0.15, 0.2) is 26.9 Å². The van der Waals surface area contributed by atoms with E-state index in [0.29, 0.717) is 32.4 Å². The van der Waals surface area contributed by atoms with Gasteiger partial charge in [-0.25, -0.2) is 8.98 Å². The molecule has 4 heterocycles. The molecule has 3 aliphatic heterocycles. The Morgan fingerprint density at radius 2 is 1.69 bits per heavy atom. The molecular weight excluding hydrogens is 803 g/mol. The smallest absolute Gasteiger partial charge is 0.333 e. The molecule has 0 aliphatic carbocycles. The summed E-state index contributed by atoms with van der Waals surface area (Å²) in [6, 6.07) is -1.37. The van der Waals surface area contributed by atoms with Gasteiger partial charge in [0.25, 0.3) is 15.7 Å². The molecule has 20 heteroatoms. The van der Waals surface area contributed by atoms with Crippen molar-refractivity contribution in [2.45, 2.75) is 166 Å². The van der Waals surface area contributed by atoms with Gasteiger partial charge in [-0.2, -0.15) is 8.42 Å². The van der Waals surface area contributed by atoms with Crippen molar-refractivity contribution in [2.24, 2.45) is 17.2 Å². The van der Waals surface area contributed by atoms with Crippen LogP contribution in [0.25, 0.3) is 0 Å². The maximum absolute atomic E-state index is 14.4. The Kier molecular flexibility index (Phi) is 14.7. The number of nitrogens with two attached hydrogens (primary N) is 3. The molecule has 0 aromatic carbocycles. The monoisotopic (exact) mass is 871 g/mol. The highest BCUT2D eigenvalue weighted by Gasteiger charge is 2.67. The number of carbonyl (C=O) groups excluding carboxylic acids is 2. The van der Waals surface area contributed by atoms with Gasteiger partial charge in [-0.05, 0) is 81.8 Å². The largest absolute Gasteiger partial charge is 0.414 e. The number of rotatable bonds is 16. The lowest BCUT2D eigenvalue weighted by Crippen LogP contribution is -2.59. The van der Waals surface area contributed by atoms with Gasteiger partial charge in [-0.15, -0.1) is 0 Å². The zero-order chi connectivity index (χ0) is 43.8. The Bertz CT molecular complexity index is 1940. The minimum Gasteiger partial charge on any atom is -0.414 e. The summed E-state index contributed by atoms with van der Waals surface area (Å²) in [5.74, 6) is -0.590. The van der Waals surface area contributed by atoms with Crippen LogP contribution in [0.2, 0.25) is 36.3 Å². The highest BCUT2D eigenvalue weighted by molar-refractivity contribution is 7.90. The minimum absolute atomic E-state index is 0.0601. The summed E-state index contributed by atoms with van der Waals surface area (Å²) >= 11 is 0. The number of ether oxygens (including phenoxy) is 1. The number of hydrogen-bond donors (Lipinski definition) is 4. The van der Waals surface area contributed by atoms with Crippen LogP contribution < -0.4 is 33.8 Å². The van der Waals surface area contributed by atoms with E-state index in [-0.39, 0.29) is 59.3 Å². The number of amides is 2. The fourth-order valence-corrected chi connectivity index (χ4v) is 10.6. The number of likely N-dealkylation sites (tertiary alicyclic amines) is 1. The first-order chi connectivity index (χ1) is 26.6. The molecule has 1 spiro atoms. The van der Waals surface area contributed by atoms with E-state index in [9.17, 15) is 27.6 Å². The molecule has 7 N–H and O–H groups in total. The second kappa shape index (κ2) is 17.7. The van der Waals surface area contributed by atoms with Crippen LogP contribution in [0.3, 0.4) is 0 Å². The highest BCUT2D eigenvalue weighted by atomic mass is 32.2. The van der Waals surface area contributed by atoms with Crippen LogP contribution >= 0.6 is 0 Å². The molecule has 1 aromatic rings. The molecule has 0 bridgehead atoms. The lowest BCUT2D eigenvalue weighted by Gasteiger charge is -2.43. The molecule has 58 heavy (non-hydrogen) atoms. The Morgan fingerprint density at radius 1 is 1.05 bits per heavy atom. The van der Waals surface area contributed by atoms with Crippen molar-refractivity contribution < 1.29 is 35.8 Å². The molecule has 6 atom stereocenters. The second-order valence-electron chi connectivity index (χ2n) is 19.0. The van der Waals surface area contributed by atoms with Crippen molar-refractivity contribution in [3.05, 3.63) is 43.7 Å². The van der Waals surface area contributed by atoms with Gasteiger partial charge in [0.1, 0.15) is 18.2 Å². The average molecular weight is 872 g/mol. The molecule has 17 nitrogen and oxygen atoms in total. The van der Waals surface area contributed by atoms with E-state index in [1.807, 2.05) is 33.9 Å². The topological polar surface area (TPSA) is 243 Å². The minimum atomic E-state index is -4.30. The number of nitrogens with zero attached hydrogens (tertiary/aromatic N) is 3. The maximum Gasteiger partial charge on any atom is 0.333 e. The van der Waals surface area contributed by atoms with Gasteiger partial charge >= 0.3 is 5.69 Å². The van der Waals surface area contributed by atoms with Crippen molar-refractivity contribution in [3.63, 3.8) is 0 Å². The van der Waals surface area contributed by atoms with Crippen LogP contribution in [0, 0.1) is 6.92 Å². The molecule has 2 fully saturated rings. The average Bonchev–Trinajstić information content (AvgIpc) is 3.77. The Labute approximate surface area is 345 Å². The summed E-state index contributed by atoms with van der Waals surface area (Å²) in [6.45, 7) is 22.9. The van der Waals surface area contributed by atoms with Gasteiger partial charge < -0.3 is 41.0 Å².